The first kappa shape index (κ1) is 23.0. The maximum Gasteiger partial charge on any atom is 0.232 e. The number of amides is 1. The summed E-state index contributed by atoms with van der Waals surface area (Å²) in [5.74, 6) is -0.0538. The van der Waals surface area contributed by atoms with E-state index in [-0.39, 0.29) is 29.8 Å². The van der Waals surface area contributed by atoms with E-state index >= 15 is 0 Å². The highest BCUT2D eigenvalue weighted by Crippen LogP contribution is 2.27. The van der Waals surface area contributed by atoms with Crippen molar-refractivity contribution in [2.75, 3.05) is 17.1 Å². The summed E-state index contributed by atoms with van der Waals surface area (Å²) >= 11 is 3.36. The number of rotatable bonds is 8. The zero-order valence-electron chi connectivity index (χ0n) is 16.6. The predicted molar refractivity (Wildman–Crippen MR) is 112 cm³/mol. The van der Waals surface area contributed by atoms with Gasteiger partial charge in [-0.2, -0.15) is 0 Å². The lowest BCUT2D eigenvalue weighted by Gasteiger charge is -2.33. The number of sulfonamides is 1. The number of hydrogen-bond donors (Lipinski definition) is 1. The number of carbonyl (C=O) groups is 1. The lowest BCUT2D eigenvalue weighted by atomic mass is 9.82. The Morgan fingerprint density at radius 1 is 1.19 bits per heavy atom. The van der Waals surface area contributed by atoms with Gasteiger partial charge in [0.15, 0.2) is 0 Å². The van der Waals surface area contributed by atoms with Crippen molar-refractivity contribution in [1.29, 1.82) is 0 Å². The van der Waals surface area contributed by atoms with E-state index < -0.39 is 10.0 Å². The number of hydrogen-bond acceptors (Lipinski definition) is 3. The quantitative estimate of drug-likeness (QED) is 0.645. The van der Waals surface area contributed by atoms with Crippen LogP contribution in [0, 0.1) is 5.41 Å². The summed E-state index contributed by atoms with van der Waals surface area (Å²) in [5.41, 5.74) is 0.413. The minimum Gasteiger partial charge on any atom is -0.351 e. The van der Waals surface area contributed by atoms with E-state index in [1.54, 1.807) is 18.2 Å². The Morgan fingerprint density at radius 2 is 1.81 bits per heavy atom. The summed E-state index contributed by atoms with van der Waals surface area (Å²) in [7, 11) is -3.41. The van der Waals surface area contributed by atoms with Crippen molar-refractivity contribution in [2.24, 2.45) is 5.41 Å². The molecular weight excluding hydrogens is 416 g/mol. The standard InChI is InChI=1S/C19H31BrN2O3S/c1-18(2,3)14-19(4,5)21-17(23)11-8-12-22(26(6,24)25)16-10-7-9-15(20)13-16/h7,9-10,13H,8,11-12,14H2,1-6H3,(H,21,23). The predicted octanol–water partition coefficient (Wildman–Crippen LogP) is 4.33. The van der Waals surface area contributed by atoms with Crippen molar-refractivity contribution in [3.63, 3.8) is 0 Å². The smallest absolute Gasteiger partial charge is 0.232 e. The Balaban J connectivity index is 2.67. The Bertz CT molecular complexity index is 725. The van der Waals surface area contributed by atoms with Gasteiger partial charge in [-0.15, -0.1) is 0 Å². The Labute approximate surface area is 166 Å². The number of halogens is 1. The Morgan fingerprint density at radius 3 is 2.31 bits per heavy atom. The first-order valence-electron chi connectivity index (χ1n) is 8.74. The number of nitrogens with zero attached hydrogens (tertiary/aromatic N) is 1. The number of benzene rings is 1. The second-order valence-corrected chi connectivity index (χ2v) is 11.4. The molecule has 1 rings (SSSR count). The monoisotopic (exact) mass is 446 g/mol. The SMILES string of the molecule is CC(C)(C)CC(C)(C)NC(=O)CCCN(c1cccc(Br)c1)S(C)(=O)=O. The van der Waals surface area contributed by atoms with Gasteiger partial charge >= 0.3 is 0 Å². The van der Waals surface area contributed by atoms with Gasteiger partial charge in [-0.1, -0.05) is 42.8 Å². The van der Waals surface area contributed by atoms with Crippen LogP contribution in [0.1, 0.15) is 53.9 Å². The zero-order chi connectivity index (χ0) is 20.2. The Hall–Kier alpha value is -1.08. The molecule has 0 bridgehead atoms. The Kier molecular flexibility index (Phi) is 7.72. The van der Waals surface area contributed by atoms with Gasteiger partial charge in [0.1, 0.15) is 0 Å². The van der Waals surface area contributed by atoms with Crippen molar-refractivity contribution in [3.05, 3.63) is 28.7 Å². The van der Waals surface area contributed by atoms with Crippen LogP contribution in [-0.4, -0.2) is 32.7 Å². The second kappa shape index (κ2) is 8.74. The lowest BCUT2D eigenvalue weighted by Crippen LogP contribution is -2.46. The molecule has 0 heterocycles. The molecule has 0 aromatic heterocycles. The van der Waals surface area contributed by atoms with Crippen LogP contribution in [0.5, 0.6) is 0 Å². The number of nitrogens with one attached hydrogen (secondary N) is 1. The molecule has 1 N–H and O–H groups in total. The average molecular weight is 447 g/mol. The molecule has 0 unspecified atom stereocenters. The molecule has 0 aliphatic heterocycles. The van der Waals surface area contributed by atoms with Crippen molar-refractivity contribution in [2.45, 2.75) is 59.4 Å². The van der Waals surface area contributed by atoms with Crippen LogP contribution in [0.25, 0.3) is 0 Å². The minimum absolute atomic E-state index is 0.0538. The maximum atomic E-state index is 12.3. The van der Waals surface area contributed by atoms with E-state index in [0.717, 1.165) is 10.9 Å². The summed E-state index contributed by atoms with van der Waals surface area (Å²) in [6.07, 6.45) is 2.78. The van der Waals surface area contributed by atoms with Gasteiger partial charge in [-0.05, 0) is 50.3 Å². The summed E-state index contributed by atoms with van der Waals surface area (Å²) in [5, 5.41) is 3.06. The van der Waals surface area contributed by atoms with Gasteiger partial charge in [-0.25, -0.2) is 8.42 Å². The van der Waals surface area contributed by atoms with Gasteiger partial charge in [0, 0.05) is 23.0 Å². The highest BCUT2D eigenvalue weighted by atomic mass is 79.9. The molecule has 1 amide bonds. The fourth-order valence-electron chi connectivity index (χ4n) is 3.31. The van der Waals surface area contributed by atoms with E-state index in [1.165, 1.54) is 10.6 Å². The molecule has 148 valence electrons. The molecule has 0 fully saturated rings. The van der Waals surface area contributed by atoms with Crippen LogP contribution in [0.2, 0.25) is 0 Å². The van der Waals surface area contributed by atoms with Crippen LogP contribution in [0.3, 0.4) is 0 Å². The van der Waals surface area contributed by atoms with Crippen LogP contribution in [0.15, 0.2) is 28.7 Å². The largest absolute Gasteiger partial charge is 0.351 e. The van der Waals surface area contributed by atoms with Gasteiger partial charge < -0.3 is 5.32 Å². The second-order valence-electron chi connectivity index (χ2n) is 8.59. The molecule has 7 heteroatoms. The molecule has 0 aliphatic carbocycles. The molecular formula is C19H31BrN2O3S. The van der Waals surface area contributed by atoms with Crippen molar-refractivity contribution >= 4 is 37.5 Å². The maximum absolute atomic E-state index is 12.3. The highest BCUT2D eigenvalue weighted by Gasteiger charge is 2.27. The zero-order valence-corrected chi connectivity index (χ0v) is 19.0. The van der Waals surface area contributed by atoms with Crippen molar-refractivity contribution < 1.29 is 13.2 Å². The van der Waals surface area contributed by atoms with E-state index in [1.807, 2.05) is 19.9 Å². The highest BCUT2D eigenvalue weighted by molar-refractivity contribution is 9.10. The van der Waals surface area contributed by atoms with E-state index in [0.29, 0.717) is 12.1 Å². The fourth-order valence-corrected chi connectivity index (χ4v) is 4.66. The van der Waals surface area contributed by atoms with Crippen LogP contribution >= 0.6 is 15.9 Å². The van der Waals surface area contributed by atoms with E-state index in [2.05, 4.69) is 42.0 Å². The van der Waals surface area contributed by atoms with E-state index in [9.17, 15) is 13.2 Å². The first-order valence-corrected chi connectivity index (χ1v) is 11.4. The third-order valence-corrected chi connectivity index (χ3v) is 5.40. The molecule has 1 aromatic rings. The molecule has 0 aliphatic rings. The summed E-state index contributed by atoms with van der Waals surface area (Å²) in [6, 6.07) is 7.14. The van der Waals surface area contributed by atoms with Gasteiger partial charge in [-0.3, -0.25) is 9.10 Å². The minimum atomic E-state index is -3.41. The normalized spacial score (nSPS) is 12.7. The summed E-state index contributed by atoms with van der Waals surface area (Å²) in [6.45, 7) is 10.7. The topological polar surface area (TPSA) is 66.5 Å². The fraction of sp³-hybridized carbons (Fsp3) is 0.632. The number of anilines is 1. The molecule has 0 saturated carbocycles. The molecule has 26 heavy (non-hydrogen) atoms. The third kappa shape index (κ3) is 8.54. The molecule has 0 spiro atoms. The van der Waals surface area contributed by atoms with Crippen LogP contribution in [0.4, 0.5) is 5.69 Å². The average Bonchev–Trinajstić information content (AvgIpc) is 2.38. The van der Waals surface area contributed by atoms with Gasteiger partial charge in [0.05, 0.1) is 11.9 Å². The number of carbonyl (C=O) groups excluding carboxylic acids is 1. The van der Waals surface area contributed by atoms with E-state index in [4.69, 9.17) is 0 Å². The van der Waals surface area contributed by atoms with Crippen LogP contribution < -0.4 is 9.62 Å². The van der Waals surface area contributed by atoms with Gasteiger partial charge in [0.25, 0.3) is 0 Å². The summed E-state index contributed by atoms with van der Waals surface area (Å²) < 4.78 is 26.4. The molecule has 0 radical (unpaired) electrons. The molecule has 5 nitrogen and oxygen atoms in total. The molecule has 0 saturated heterocycles. The van der Waals surface area contributed by atoms with Crippen molar-refractivity contribution in [1.82, 2.24) is 5.32 Å². The van der Waals surface area contributed by atoms with Crippen LogP contribution in [-0.2, 0) is 14.8 Å². The first-order chi connectivity index (χ1) is 11.7. The molecule has 1 aromatic carbocycles. The lowest BCUT2D eigenvalue weighted by molar-refractivity contribution is -0.123. The summed E-state index contributed by atoms with van der Waals surface area (Å²) in [4.78, 5) is 12.3. The third-order valence-electron chi connectivity index (χ3n) is 3.71. The van der Waals surface area contributed by atoms with Gasteiger partial charge in [0.2, 0.25) is 15.9 Å². The molecule has 0 atom stereocenters. The van der Waals surface area contributed by atoms with Crippen molar-refractivity contribution in [3.8, 4) is 0 Å².